The first-order valence-corrected chi connectivity index (χ1v) is 12.3. The zero-order valence-electron chi connectivity index (χ0n) is 20.9. The molecule has 0 saturated carbocycles. The van der Waals surface area contributed by atoms with Gasteiger partial charge in [-0.2, -0.15) is 4.68 Å². The minimum Gasteiger partial charge on any atom is -0.495 e. The molecule has 3 heterocycles. The molecule has 0 radical (unpaired) electrons. The molecule has 0 saturated heterocycles. The molecule has 38 heavy (non-hydrogen) atoms. The molecule has 11 nitrogen and oxygen atoms in total. The van der Waals surface area contributed by atoms with Crippen molar-refractivity contribution in [3.05, 3.63) is 81.8 Å². The Kier molecular flexibility index (Phi) is 8.27. The Labute approximate surface area is 223 Å². The summed E-state index contributed by atoms with van der Waals surface area (Å²) in [4.78, 5) is 42.2. The highest BCUT2D eigenvalue weighted by Gasteiger charge is 2.24. The van der Waals surface area contributed by atoms with Crippen LogP contribution in [0, 0.1) is 0 Å². The van der Waals surface area contributed by atoms with Crippen LogP contribution in [0.3, 0.4) is 0 Å². The summed E-state index contributed by atoms with van der Waals surface area (Å²) in [5, 5.41) is 11.8. The predicted molar refractivity (Wildman–Crippen MR) is 140 cm³/mol. The van der Waals surface area contributed by atoms with Gasteiger partial charge in [0.25, 0.3) is 11.5 Å². The van der Waals surface area contributed by atoms with Crippen LogP contribution < -0.4 is 16.0 Å². The summed E-state index contributed by atoms with van der Waals surface area (Å²) in [6, 6.07) is 8.94. The van der Waals surface area contributed by atoms with Crippen molar-refractivity contribution in [3.8, 4) is 22.6 Å². The Bertz CT molecular complexity index is 1500. The number of aromatic nitrogens is 6. The molecule has 1 amide bonds. The first-order chi connectivity index (χ1) is 18.3. The zero-order chi connectivity index (χ0) is 27.2. The van der Waals surface area contributed by atoms with Crippen molar-refractivity contribution >= 4 is 23.3 Å². The number of nitrogens with zero attached hydrogens (tertiary/aromatic N) is 6. The van der Waals surface area contributed by atoms with E-state index in [0.29, 0.717) is 39.6 Å². The van der Waals surface area contributed by atoms with Crippen molar-refractivity contribution in [2.24, 2.45) is 5.73 Å². The molecule has 1 unspecified atom stereocenters. The smallest absolute Gasteiger partial charge is 0.267 e. The number of rotatable bonds is 11. The van der Waals surface area contributed by atoms with Gasteiger partial charge in [-0.25, -0.2) is 0 Å². The number of hydrogen-bond acceptors (Lipinski definition) is 8. The van der Waals surface area contributed by atoms with Crippen LogP contribution >= 0.6 is 11.6 Å². The van der Waals surface area contributed by atoms with Crippen LogP contribution in [0.5, 0.6) is 5.75 Å². The van der Waals surface area contributed by atoms with E-state index in [1.54, 1.807) is 30.5 Å². The predicted octanol–water partition coefficient (Wildman–Crippen LogP) is 3.19. The Hall–Kier alpha value is -4.38. The highest BCUT2D eigenvalue weighted by atomic mass is 35.5. The first kappa shape index (κ1) is 26.7. The molecule has 0 aliphatic carbocycles. The number of pyridine rings is 2. The summed E-state index contributed by atoms with van der Waals surface area (Å²) < 4.78 is 8.54. The monoisotopic (exact) mass is 535 g/mol. The second-order valence-corrected chi connectivity index (χ2v) is 9.07. The van der Waals surface area contributed by atoms with Gasteiger partial charge in [-0.3, -0.25) is 19.4 Å². The lowest BCUT2D eigenvalue weighted by molar-refractivity contribution is -0.121. The maximum Gasteiger partial charge on any atom is 0.267 e. The van der Waals surface area contributed by atoms with E-state index in [0.717, 1.165) is 12.8 Å². The quantitative estimate of drug-likeness (QED) is 0.308. The van der Waals surface area contributed by atoms with Crippen LogP contribution in [-0.4, -0.2) is 48.6 Å². The number of ether oxygens (including phenoxy) is 1. The number of nitrogens with two attached hydrogens (primary N) is 1. The highest BCUT2D eigenvalue weighted by molar-refractivity contribution is 6.31. The van der Waals surface area contributed by atoms with Crippen LogP contribution in [0.1, 0.15) is 48.3 Å². The van der Waals surface area contributed by atoms with E-state index in [1.165, 1.54) is 41.0 Å². The average molecular weight is 536 g/mol. The highest BCUT2D eigenvalue weighted by Crippen LogP contribution is 2.35. The fraction of sp³-hybridized carbons (Fsp3) is 0.269. The van der Waals surface area contributed by atoms with Gasteiger partial charge in [-0.1, -0.05) is 37.4 Å². The number of amides is 1. The molecule has 1 atom stereocenters. The van der Waals surface area contributed by atoms with E-state index in [9.17, 15) is 14.4 Å². The molecule has 0 fully saturated rings. The van der Waals surface area contributed by atoms with Gasteiger partial charge in [-0.15, -0.1) is 5.10 Å². The Morgan fingerprint density at radius 2 is 1.97 bits per heavy atom. The van der Waals surface area contributed by atoms with Crippen LogP contribution in [-0.2, 0) is 11.2 Å². The maximum atomic E-state index is 13.5. The van der Waals surface area contributed by atoms with Gasteiger partial charge in [0.2, 0.25) is 0 Å². The Balaban J connectivity index is 1.74. The number of carbonyl (C=O) groups is 2. The molecular weight excluding hydrogens is 510 g/mol. The maximum absolute atomic E-state index is 13.5. The molecule has 0 aliphatic rings. The summed E-state index contributed by atoms with van der Waals surface area (Å²) in [6.45, 7) is 2.01. The van der Waals surface area contributed by atoms with Crippen LogP contribution in [0.25, 0.3) is 16.8 Å². The van der Waals surface area contributed by atoms with Crippen LogP contribution in [0.4, 0.5) is 0 Å². The summed E-state index contributed by atoms with van der Waals surface area (Å²) in [7, 11) is 1.49. The number of hydrogen-bond donors (Lipinski definition) is 1. The van der Waals surface area contributed by atoms with E-state index in [-0.39, 0.29) is 23.5 Å². The lowest BCUT2D eigenvalue weighted by atomic mass is 9.98. The van der Waals surface area contributed by atoms with E-state index in [4.69, 9.17) is 22.1 Å². The number of primary amides is 1. The third kappa shape index (κ3) is 5.78. The molecule has 4 aromatic rings. The number of tetrazole rings is 1. The number of benzene rings is 1. The third-order valence-corrected chi connectivity index (χ3v) is 6.34. The largest absolute Gasteiger partial charge is 0.495 e. The topological polar surface area (TPSA) is 148 Å². The molecule has 3 aromatic heterocycles. The standard InChI is InChI=1S/C26H26ClN7O4/c1-3-4-5-22(23(35)10-16-6-8-20(26(28)37)29-13-16)33-14-24(38-2)19(12-25(33)36)18-11-17(27)7-9-21(18)34-15-30-31-32-34/h6-9,11-15,22H,3-5,10H2,1-2H3,(H2,28,37). The number of unbranched alkanes of at least 4 members (excludes halogenated alkanes) is 1. The van der Waals surface area contributed by atoms with E-state index in [1.807, 2.05) is 6.92 Å². The minimum atomic E-state index is -0.723. The van der Waals surface area contributed by atoms with Crippen LogP contribution in [0.15, 0.2) is 59.9 Å². The van der Waals surface area contributed by atoms with E-state index in [2.05, 4.69) is 20.5 Å². The number of carbonyl (C=O) groups excluding carboxylic acids is 2. The molecule has 0 bridgehead atoms. The van der Waals surface area contributed by atoms with Gasteiger partial charge >= 0.3 is 0 Å². The molecule has 12 heteroatoms. The molecule has 0 aliphatic heterocycles. The normalized spacial score (nSPS) is 11.8. The first-order valence-electron chi connectivity index (χ1n) is 11.9. The molecule has 1 aromatic carbocycles. The summed E-state index contributed by atoms with van der Waals surface area (Å²) in [5.74, 6) is -0.436. The number of ketones is 1. The minimum absolute atomic E-state index is 0.0364. The third-order valence-electron chi connectivity index (χ3n) is 6.10. The van der Waals surface area contributed by atoms with Gasteiger partial charge in [-0.05, 0) is 46.7 Å². The fourth-order valence-electron chi connectivity index (χ4n) is 4.19. The molecule has 196 valence electrons. The van der Waals surface area contributed by atoms with Crippen molar-refractivity contribution in [2.75, 3.05) is 7.11 Å². The molecule has 2 N–H and O–H groups in total. The van der Waals surface area contributed by atoms with Gasteiger partial charge < -0.3 is 15.0 Å². The average Bonchev–Trinajstić information content (AvgIpc) is 3.44. The van der Waals surface area contributed by atoms with Crippen LogP contribution in [0.2, 0.25) is 5.02 Å². The zero-order valence-corrected chi connectivity index (χ0v) is 21.6. The number of methoxy groups -OCH3 is 1. The number of halogens is 1. The second-order valence-electron chi connectivity index (χ2n) is 8.63. The summed E-state index contributed by atoms with van der Waals surface area (Å²) in [5.41, 5.74) is 7.27. The fourth-order valence-corrected chi connectivity index (χ4v) is 4.36. The van der Waals surface area contributed by atoms with Gasteiger partial charge in [0, 0.05) is 34.8 Å². The molecular formula is C26H26ClN7O4. The van der Waals surface area contributed by atoms with Crippen molar-refractivity contribution in [1.82, 2.24) is 29.8 Å². The molecule has 0 spiro atoms. The summed E-state index contributed by atoms with van der Waals surface area (Å²) in [6.07, 6.45) is 6.52. The van der Waals surface area contributed by atoms with Gasteiger partial charge in [0.1, 0.15) is 17.8 Å². The van der Waals surface area contributed by atoms with Gasteiger partial charge in [0.15, 0.2) is 5.78 Å². The van der Waals surface area contributed by atoms with Crippen molar-refractivity contribution < 1.29 is 14.3 Å². The van der Waals surface area contributed by atoms with E-state index >= 15 is 0 Å². The summed E-state index contributed by atoms with van der Waals surface area (Å²) >= 11 is 6.29. The van der Waals surface area contributed by atoms with Crippen molar-refractivity contribution in [2.45, 2.75) is 38.6 Å². The van der Waals surface area contributed by atoms with Gasteiger partial charge in [0.05, 0.1) is 25.0 Å². The lowest BCUT2D eigenvalue weighted by Gasteiger charge is -2.21. The second kappa shape index (κ2) is 11.8. The Morgan fingerprint density at radius 3 is 2.61 bits per heavy atom. The van der Waals surface area contributed by atoms with E-state index < -0.39 is 11.9 Å². The van der Waals surface area contributed by atoms with Crippen molar-refractivity contribution in [1.29, 1.82) is 0 Å². The Morgan fingerprint density at radius 1 is 1.16 bits per heavy atom. The molecule has 4 rings (SSSR count). The number of Topliss-reactive ketones (excluding diaryl/α,β-unsaturated/α-hetero) is 1. The van der Waals surface area contributed by atoms with Crippen molar-refractivity contribution in [3.63, 3.8) is 0 Å². The SMILES string of the molecule is CCCCC(C(=O)Cc1ccc(C(N)=O)nc1)n1cc(OC)c(-c2cc(Cl)ccc2-n2cnnn2)cc1=O. The lowest BCUT2D eigenvalue weighted by Crippen LogP contribution is -2.30.